The Balaban J connectivity index is 1.45. The fourth-order valence-corrected chi connectivity index (χ4v) is 5.02. The van der Waals surface area contributed by atoms with Crippen LogP contribution in [0.4, 0.5) is 4.39 Å². The van der Waals surface area contributed by atoms with E-state index >= 15 is 0 Å². The van der Waals surface area contributed by atoms with Gasteiger partial charge in [-0.1, -0.05) is 44.4 Å². The summed E-state index contributed by atoms with van der Waals surface area (Å²) in [4.78, 5) is 18.1. The standard InChI is InChI=1S/C27H31FN6O/c1-2-19-10-13-25-21(14-19)15-22(27(35)29-25)17-33(16-20-8-11-23(28)12-9-20)18-26-30-31-32-34(26)24-6-4-3-5-7-24/h8-15,24H,2-7,16-18H2,1H3,(H,29,35). The Morgan fingerprint density at radius 3 is 2.54 bits per heavy atom. The van der Waals surface area contributed by atoms with Gasteiger partial charge in [-0.15, -0.1) is 5.10 Å². The number of hydrogen-bond donors (Lipinski definition) is 1. The van der Waals surface area contributed by atoms with Crippen LogP contribution in [-0.2, 0) is 26.1 Å². The van der Waals surface area contributed by atoms with E-state index in [9.17, 15) is 9.18 Å². The summed E-state index contributed by atoms with van der Waals surface area (Å²) in [6, 6.07) is 14.9. The van der Waals surface area contributed by atoms with Crippen LogP contribution in [0.25, 0.3) is 10.9 Å². The van der Waals surface area contributed by atoms with Crippen molar-refractivity contribution in [1.29, 1.82) is 0 Å². The van der Waals surface area contributed by atoms with Crippen LogP contribution in [0.2, 0.25) is 0 Å². The van der Waals surface area contributed by atoms with E-state index in [1.807, 2.05) is 22.9 Å². The summed E-state index contributed by atoms with van der Waals surface area (Å²) in [6.07, 6.45) is 6.74. The number of aryl methyl sites for hydroxylation is 1. The quantitative estimate of drug-likeness (QED) is 0.392. The average molecular weight is 475 g/mol. The molecule has 35 heavy (non-hydrogen) atoms. The molecule has 0 unspecified atom stereocenters. The van der Waals surface area contributed by atoms with Gasteiger partial charge in [0, 0.05) is 24.2 Å². The average Bonchev–Trinajstić information content (AvgIpc) is 3.34. The highest BCUT2D eigenvalue weighted by Gasteiger charge is 2.22. The smallest absolute Gasteiger partial charge is 0.252 e. The normalized spacial score (nSPS) is 14.7. The van der Waals surface area contributed by atoms with Gasteiger partial charge in [0.1, 0.15) is 5.82 Å². The maximum atomic E-state index is 13.5. The van der Waals surface area contributed by atoms with Gasteiger partial charge in [0.05, 0.1) is 12.6 Å². The minimum absolute atomic E-state index is 0.0993. The minimum Gasteiger partial charge on any atom is -0.322 e. The van der Waals surface area contributed by atoms with Gasteiger partial charge in [-0.05, 0) is 76.5 Å². The molecule has 2 aromatic heterocycles. The minimum atomic E-state index is -0.265. The third-order valence-corrected chi connectivity index (χ3v) is 6.95. The van der Waals surface area contributed by atoms with Crippen LogP contribution >= 0.6 is 0 Å². The fraction of sp³-hybridized carbons (Fsp3) is 0.407. The Kier molecular flexibility index (Phi) is 6.99. The second kappa shape index (κ2) is 10.5. The molecule has 0 saturated heterocycles. The summed E-state index contributed by atoms with van der Waals surface area (Å²) in [5.41, 5.74) is 3.61. The lowest BCUT2D eigenvalue weighted by atomic mass is 9.95. The first-order valence-corrected chi connectivity index (χ1v) is 12.5. The van der Waals surface area contributed by atoms with Crippen molar-refractivity contribution in [3.05, 3.63) is 87.2 Å². The van der Waals surface area contributed by atoms with Crippen LogP contribution in [0.15, 0.2) is 53.3 Å². The molecule has 0 radical (unpaired) electrons. The maximum Gasteiger partial charge on any atom is 0.252 e. The molecule has 1 saturated carbocycles. The Hall–Kier alpha value is -3.39. The first-order chi connectivity index (χ1) is 17.1. The molecule has 0 bridgehead atoms. The SMILES string of the molecule is CCc1ccc2[nH]c(=O)c(CN(Cc3ccc(F)cc3)Cc3nnnn3C3CCCCC3)cc2c1. The number of aromatic amines is 1. The van der Waals surface area contributed by atoms with Crippen LogP contribution in [-0.4, -0.2) is 30.1 Å². The molecule has 1 aliphatic rings. The number of H-pyrrole nitrogens is 1. The number of rotatable bonds is 8. The van der Waals surface area contributed by atoms with E-state index in [1.165, 1.54) is 37.0 Å². The number of aromatic nitrogens is 5. The molecule has 1 aliphatic carbocycles. The van der Waals surface area contributed by atoms with E-state index < -0.39 is 0 Å². The summed E-state index contributed by atoms with van der Waals surface area (Å²) in [5, 5.41) is 13.6. The second-order valence-corrected chi connectivity index (χ2v) is 9.50. The van der Waals surface area contributed by atoms with Crippen LogP contribution in [0.3, 0.4) is 0 Å². The van der Waals surface area contributed by atoms with Gasteiger partial charge >= 0.3 is 0 Å². The van der Waals surface area contributed by atoms with E-state index in [4.69, 9.17) is 0 Å². The molecular weight excluding hydrogens is 443 g/mol. The molecule has 8 heteroatoms. The van der Waals surface area contributed by atoms with Gasteiger partial charge in [0.2, 0.25) is 0 Å². The number of nitrogens with one attached hydrogen (secondary N) is 1. The zero-order chi connectivity index (χ0) is 24.2. The monoisotopic (exact) mass is 474 g/mol. The predicted octanol–water partition coefficient (Wildman–Crippen LogP) is 4.92. The van der Waals surface area contributed by atoms with Crippen molar-refractivity contribution in [1.82, 2.24) is 30.1 Å². The summed E-state index contributed by atoms with van der Waals surface area (Å²) < 4.78 is 15.5. The van der Waals surface area contributed by atoms with Gasteiger partial charge in [-0.3, -0.25) is 9.69 Å². The van der Waals surface area contributed by atoms with Crippen molar-refractivity contribution in [2.24, 2.45) is 0 Å². The highest BCUT2D eigenvalue weighted by Crippen LogP contribution is 2.28. The molecule has 1 fully saturated rings. The summed E-state index contributed by atoms with van der Waals surface area (Å²) in [6.45, 7) is 3.59. The molecule has 0 atom stereocenters. The van der Waals surface area contributed by atoms with Gasteiger partial charge in [-0.2, -0.15) is 0 Å². The van der Waals surface area contributed by atoms with E-state index in [0.717, 1.165) is 41.6 Å². The fourth-order valence-electron chi connectivity index (χ4n) is 5.02. The molecule has 7 nitrogen and oxygen atoms in total. The third kappa shape index (κ3) is 5.48. The molecule has 5 rings (SSSR count). The summed E-state index contributed by atoms with van der Waals surface area (Å²) in [5.74, 6) is 0.531. The summed E-state index contributed by atoms with van der Waals surface area (Å²) in [7, 11) is 0. The topological polar surface area (TPSA) is 79.7 Å². The molecule has 4 aromatic rings. The molecule has 0 aliphatic heterocycles. The van der Waals surface area contributed by atoms with Crippen molar-refractivity contribution in [3.8, 4) is 0 Å². The number of hydrogen-bond acceptors (Lipinski definition) is 5. The Morgan fingerprint density at radius 2 is 1.77 bits per heavy atom. The molecule has 2 heterocycles. The molecule has 0 spiro atoms. The van der Waals surface area contributed by atoms with Gasteiger partial charge in [-0.25, -0.2) is 9.07 Å². The van der Waals surface area contributed by atoms with Crippen LogP contribution < -0.4 is 5.56 Å². The van der Waals surface area contributed by atoms with Gasteiger partial charge in [0.15, 0.2) is 5.82 Å². The lowest BCUT2D eigenvalue weighted by Crippen LogP contribution is -2.29. The van der Waals surface area contributed by atoms with E-state index in [1.54, 1.807) is 12.1 Å². The first kappa shape index (κ1) is 23.4. The third-order valence-electron chi connectivity index (χ3n) is 6.95. The van der Waals surface area contributed by atoms with Crippen molar-refractivity contribution in [2.75, 3.05) is 0 Å². The number of pyridine rings is 1. The zero-order valence-corrected chi connectivity index (χ0v) is 20.1. The van der Waals surface area contributed by atoms with Gasteiger partial charge in [0.25, 0.3) is 5.56 Å². The Morgan fingerprint density at radius 1 is 1.00 bits per heavy atom. The second-order valence-electron chi connectivity index (χ2n) is 9.50. The largest absolute Gasteiger partial charge is 0.322 e. The molecule has 182 valence electrons. The lowest BCUT2D eigenvalue weighted by Gasteiger charge is -2.25. The van der Waals surface area contributed by atoms with Crippen molar-refractivity contribution < 1.29 is 4.39 Å². The number of halogens is 1. The van der Waals surface area contributed by atoms with E-state index in [2.05, 4.69) is 38.4 Å². The Labute approximate surface area is 204 Å². The molecule has 1 N–H and O–H groups in total. The van der Waals surface area contributed by atoms with Gasteiger partial charge < -0.3 is 4.98 Å². The van der Waals surface area contributed by atoms with Crippen LogP contribution in [0, 0.1) is 5.82 Å². The number of fused-ring (bicyclic) bond motifs is 1. The number of benzene rings is 2. The first-order valence-electron chi connectivity index (χ1n) is 12.5. The maximum absolute atomic E-state index is 13.5. The van der Waals surface area contributed by atoms with Crippen LogP contribution in [0.1, 0.15) is 67.6 Å². The van der Waals surface area contributed by atoms with Crippen molar-refractivity contribution in [3.63, 3.8) is 0 Å². The predicted molar refractivity (Wildman–Crippen MR) is 133 cm³/mol. The van der Waals surface area contributed by atoms with E-state index in [-0.39, 0.29) is 11.4 Å². The molecule has 0 amide bonds. The molecular formula is C27H31FN6O. The van der Waals surface area contributed by atoms with Crippen molar-refractivity contribution in [2.45, 2.75) is 71.1 Å². The highest BCUT2D eigenvalue weighted by molar-refractivity contribution is 5.79. The zero-order valence-electron chi connectivity index (χ0n) is 20.1. The van der Waals surface area contributed by atoms with Crippen LogP contribution in [0.5, 0.6) is 0 Å². The summed E-state index contributed by atoms with van der Waals surface area (Å²) >= 11 is 0. The highest BCUT2D eigenvalue weighted by atomic mass is 19.1. The lowest BCUT2D eigenvalue weighted by molar-refractivity contribution is 0.225. The van der Waals surface area contributed by atoms with E-state index in [0.29, 0.717) is 31.2 Å². The molecule has 2 aromatic carbocycles. The number of nitrogens with zero attached hydrogens (tertiary/aromatic N) is 5. The van der Waals surface area contributed by atoms with Crippen molar-refractivity contribution >= 4 is 10.9 Å². The Bertz CT molecular complexity index is 1340. The number of tetrazole rings is 1.